The number of carboxylic acids is 2. The highest BCUT2D eigenvalue weighted by atomic mass is 16.4. The van der Waals surface area contributed by atoms with Crippen LogP contribution in [0.4, 0.5) is 0 Å². The molecule has 0 fully saturated rings. The van der Waals surface area contributed by atoms with E-state index >= 15 is 0 Å². The quantitative estimate of drug-likeness (QED) is 0.0375. The van der Waals surface area contributed by atoms with E-state index in [4.69, 9.17) is 21.7 Å². The first-order valence-corrected chi connectivity index (χ1v) is 10.8. The van der Waals surface area contributed by atoms with Crippen molar-refractivity contribution in [2.45, 2.75) is 38.3 Å². The van der Waals surface area contributed by atoms with Gasteiger partial charge in [0, 0.05) is 12.1 Å². The zero-order valence-electron chi connectivity index (χ0n) is 20.2. The molecule has 0 aromatic carbocycles. The SMILES string of the molecule is C=C(C)C(=O)NCC(=O)NCC(=O)NC(CCCN=C(N)N)C(=O)NCC(=O)NC(CC(=O)O)C(=O)O. The van der Waals surface area contributed by atoms with Gasteiger partial charge in [0.1, 0.15) is 12.1 Å². The van der Waals surface area contributed by atoms with Crippen LogP contribution in [0.25, 0.3) is 0 Å². The molecule has 0 radical (unpaired) electrons. The minimum atomic E-state index is -1.71. The first-order chi connectivity index (χ1) is 17.2. The van der Waals surface area contributed by atoms with E-state index in [0.717, 1.165) is 0 Å². The van der Waals surface area contributed by atoms with Crippen molar-refractivity contribution in [1.82, 2.24) is 26.6 Å². The number of guanidine groups is 1. The molecule has 0 aliphatic carbocycles. The summed E-state index contributed by atoms with van der Waals surface area (Å²) in [6.07, 6.45) is -0.613. The lowest BCUT2D eigenvalue weighted by Crippen LogP contribution is -2.52. The lowest BCUT2D eigenvalue weighted by molar-refractivity contribution is -0.147. The molecule has 17 heteroatoms. The van der Waals surface area contributed by atoms with Gasteiger partial charge in [0.2, 0.25) is 29.5 Å². The average molecular weight is 529 g/mol. The summed E-state index contributed by atoms with van der Waals surface area (Å²) in [6.45, 7) is 3.34. The van der Waals surface area contributed by atoms with E-state index < -0.39 is 79.6 Å². The summed E-state index contributed by atoms with van der Waals surface area (Å²) in [6, 6.07) is -2.90. The van der Waals surface area contributed by atoms with Gasteiger partial charge < -0.3 is 48.3 Å². The molecule has 5 amide bonds. The maximum atomic E-state index is 12.5. The molecule has 0 saturated carbocycles. The van der Waals surface area contributed by atoms with Crippen LogP contribution < -0.4 is 38.1 Å². The van der Waals surface area contributed by atoms with Gasteiger partial charge in [-0.3, -0.25) is 33.8 Å². The Labute approximate surface area is 211 Å². The van der Waals surface area contributed by atoms with Crippen LogP contribution in [0.15, 0.2) is 17.1 Å². The fraction of sp³-hybridized carbons (Fsp3) is 0.500. The van der Waals surface area contributed by atoms with Crippen LogP contribution in [-0.2, 0) is 33.6 Å². The second-order valence-electron chi connectivity index (χ2n) is 7.58. The third-order valence-electron chi connectivity index (χ3n) is 4.28. The van der Waals surface area contributed by atoms with Crippen LogP contribution in [0.3, 0.4) is 0 Å². The largest absolute Gasteiger partial charge is 0.481 e. The van der Waals surface area contributed by atoms with Gasteiger partial charge in [-0.1, -0.05) is 6.58 Å². The van der Waals surface area contributed by atoms with Crippen LogP contribution in [0.1, 0.15) is 26.2 Å². The topological polar surface area (TPSA) is 284 Å². The first-order valence-electron chi connectivity index (χ1n) is 10.8. The van der Waals surface area contributed by atoms with Crippen molar-refractivity contribution in [1.29, 1.82) is 0 Å². The number of aliphatic imine (C=N–C) groups is 1. The number of hydrogen-bond donors (Lipinski definition) is 9. The first kappa shape index (κ1) is 32.3. The molecule has 0 rings (SSSR count). The number of rotatable bonds is 17. The van der Waals surface area contributed by atoms with Crippen molar-refractivity contribution in [3.8, 4) is 0 Å². The summed E-state index contributed by atoms with van der Waals surface area (Å²) >= 11 is 0. The predicted molar refractivity (Wildman–Crippen MR) is 128 cm³/mol. The van der Waals surface area contributed by atoms with Gasteiger partial charge in [-0.15, -0.1) is 0 Å². The van der Waals surface area contributed by atoms with Gasteiger partial charge in [-0.05, 0) is 19.8 Å². The molecular weight excluding hydrogens is 496 g/mol. The maximum absolute atomic E-state index is 12.5. The van der Waals surface area contributed by atoms with E-state index in [1.807, 2.05) is 5.32 Å². The van der Waals surface area contributed by atoms with E-state index in [-0.39, 0.29) is 30.9 Å². The number of nitrogens with one attached hydrogen (secondary N) is 5. The monoisotopic (exact) mass is 528 g/mol. The zero-order chi connectivity index (χ0) is 28.5. The molecule has 11 N–H and O–H groups in total. The van der Waals surface area contributed by atoms with Gasteiger partial charge in [-0.2, -0.15) is 0 Å². The molecule has 2 atom stereocenters. The molecule has 206 valence electrons. The van der Waals surface area contributed by atoms with Crippen LogP contribution >= 0.6 is 0 Å². The molecule has 0 aliphatic rings. The van der Waals surface area contributed by atoms with Crippen molar-refractivity contribution in [3.05, 3.63) is 12.2 Å². The van der Waals surface area contributed by atoms with E-state index in [1.165, 1.54) is 6.92 Å². The Bertz CT molecular complexity index is 931. The Hall–Kier alpha value is -4.70. The average Bonchev–Trinajstić information content (AvgIpc) is 2.80. The van der Waals surface area contributed by atoms with Gasteiger partial charge in [0.05, 0.1) is 26.1 Å². The van der Waals surface area contributed by atoms with E-state index in [9.17, 15) is 33.6 Å². The minimum Gasteiger partial charge on any atom is -0.481 e. The zero-order valence-corrected chi connectivity index (χ0v) is 20.2. The van der Waals surface area contributed by atoms with Crippen molar-refractivity contribution >= 4 is 47.4 Å². The molecule has 0 aliphatic heterocycles. The van der Waals surface area contributed by atoms with E-state index in [2.05, 4.69) is 32.8 Å². The molecule has 0 bridgehead atoms. The Morgan fingerprint density at radius 3 is 1.89 bits per heavy atom. The van der Waals surface area contributed by atoms with Crippen LogP contribution in [0.5, 0.6) is 0 Å². The number of carbonyl (C=O) groups excluding carboxylic acids is 5. The normalized spacial score (nSPS) is 11.6. The number of nitrogens with zero attached hydrogens (tertiary/aromatic N) is 1. The van der Waals surface area contributed by atoms with Crippen molar-refractivity contribution in [2.75, 3.05) is 26.2 Å². The highest BCUT2D eigenvalue weighted by molar-refractivity contribution is 5.96. The molecule has 0 aromatic heterocycles. The summed E-state index contributed by atoms with van der Waals surface area (Å²) in [7, 11) is 0. The third-order valence-corrected chi connectivity index (χ3v) is 4.28. The van der Waals surface area contributed by atoms with Gasteiger partial charge in [0.15, 0.2) is 5.96 Å². The Morgan fingerprint density at radius 1 is 0.838 bits per heavy atom. The van der Waals surface area contributed by atoms with Crippen molar-refractivity contribution < 1.29 is 43.8 Å². The van der Waals surface area contributed by atoms with E-state index in [0.29, 0.717) is 0 Å². The van der Waals surface area contributed by atoms with E-state index in [1.54, 1.807) is 0 Å². The summed E-state index contributed by atoms with van der Waals surface area (Å²) in [5.74, 6) is -6.99. The fourth-order valence-corrected chi connectivity index (χ4v) is 2.48. The number of hydrogen-bond acceptors (Lipinski definition) is 8. The molecule has 0 heterocycles. The fourth-order valence-electron chi connectivity index (χ4n) is 2.48. The lowest BCUT2D eigenvalue weighted by atomic mass is 10.1. The number of carboxylic acid groups (broad SMARTS) is 2. The maximum Gasteiger partial charge on any atom is 0.326 e. The minimum absolute atomic E-state index is 0.0232. The Kier molecular flexibility index (Phi) is 14.7. The highest BCUT2D eigenvalue weighted by Crippen LogP contribution is 1.99. The predicted octanol–water partition coefficient (Wildman–Crippen LogP) is -4.51. The van der Waals surface area contributed by atoms with Crippen LogP contribution in [0, 0.1) is 0 Å². The van der Waals surface area contributed by atoms with Crippen molar-refractivity contribution in [3.63, 3.8) is 0 Å². The molecule has 37 heavy (non-hydrogen) atoms. The van der Waals surface area contributed by atoms with Crippen molar-refractivity contribution in [2.24, 2.45) is 16.5 Å². The highest BCUT2D eigenvalue weighted by Gasteiger charge is 2.25. The van der Waals surface area contributed by atoms with Gasteiger partial charge in [-0.25, -0.2) is 4.79 Å². The molecule has 0 saturated heterocycles. The second kappa shape index (κ2) is 16.8. The Balaban J connectivity index is 4.95. The van der Waals surface area contributed by atoms with Gasteiger partial charge >= 0.3 is 11.9 Å². The lowest BCUT2D eigenvalue weighted by Gasteiger charge is -2.19. The third kappa shape index (κ3) is 15.8. The smallest absolute Gasteiger partial charge is 0.326 e. The number of aliphatic carboxylic acids is 2. The Morgan fingerprint density at radius 2 is 1.38 bits per heavy atom. The molecule has 0 aromatic rings. The molecule has 17 nitrogen and oxygen atoms in total. The standard InChI is InChI=1S/C20H32N8O9/c1-10(2)17(34)25-7-13(29)24-8-14(30)27-11(4-3-5-23-20(21)22)18(35)26-9-15(31)28-12(19(36)37)6-16(32)33/h11-12H,1,3-9H2,2H3,(H,24,29)(H,25,34)(H,26,35)(H,27,30)(H,28,31)(H,32,33)(H,36,37)(H4,21,22,23). The molecule has 0 spiro atoms. The van der Waals surface area contributed by atoms with Gasteiger partial charge in [0.25, 0.3) is 0 Å². The van der Waals surface area contributed by atoms with Crippen LogP contribution in [0.2, 0.25) is 0 Å². The number of amides is 5. The number of nitrogens with two attached hydrogens (primary N) is 2. The van der Waals surface area contributed by atoms with Crippen LogP contribution in [-0.4, -0.2) is 95.9 Å². The molecular formula is C20H32N8O9. The summed E-state index contributed by atoms with van der Waals surface area (Å²) in [4.78, 5) is 85.4. The summed E-state index contributed by atoms with van der Waals surface area (Å²) < 4.78 is 0. The number of carbonyl (C=O) groups is 7. The second-order valence-corrected chi connectivity index (χ2v) is 7.58. The summed E-state index contributed by atoms with van der Waals surface area (Å²) in [5.41, 5.74) is 10.7. The molecule has 2 unspecified atom stereocenters. The summed E-state index contributed by atoms with van der Waals surface area (Å²) in [5, 5.41) is 28.8.